The lowest BCUT2D eigenvalue weighted by molar-refractivity contribution is -0.126. The molecule has 1 aromatic carbocycles. The first-order valence-corrected chi connectivity index (χ1v) is 12.1. The maximum absolute atomic E-state index is 12.6. The first-order valence-electron chi connectivity index (χ1n) is 11.0. The van der Waals surface area contributed by atoms with E-state index in [4.69, 9.17) is 10.7 Å². The summed E-state index contributed by atoms with van der Waals surface area (Å²) in [6.07, 6.45) is 6.64. The number of anilines is 1. The molecule has 4 rings (SSSR count). The maximum Gasteiger partial charge on any atom is 0.299 e. The normalized spacial score (nSPS) is 15.2. The number of nitrogen functional groups attached to an aromatic ring is 1. The molecule has 1 atom stereocenters. The number of hydrogen-bond acceptors (Lipinski definition) is 7. The third kappa shape index (κ3) is 5.05. The van der Waals surface area contributed by atoms with Crippen molar-refractivity contribution in [3.63, 3.8) is 0 Å². The fourth-order valence-corrected chi connectivity index (χ4v) is 4.59. The number of thioether (sulfide) groups is 1. The lowest BCUT2D eigenvalue weighted by Crippen LogP contribution is -2.30. The third-order valence-corrected chi connectivity index (χ3v) is 6.28. The van der Waals surface area contributed by atoms with Crippen LogP contribution in [0.5, 0.6) is 0 Å². The highest BCUT2D eigenvalue weighted by Crippen LogP contribution is 2.36. The van der Waals surface area contributed by atoms with Gasteiger partial charge in [0.2, 0.25) is 0 Å². The van der Waals surface area contributed by atoms with Crippen molar-refractivity contribution in [1.29, 1.82) is 0 Å². The second kappa shape index (κ2) is 10.9. The highest BCUT2D eigenvalue weighted by molar-refractivity contribution is 8.02. The van der Waals surface area contributed by atoms with E-state index in [0.29, 0.717) is 40.8 Å². The molecule has 2 aromatic heterocycles. The highest BCUT2D eigenvalue weighted by Gasteiger charge is 2.33. The van der Waals surface area contributed by atoms with Crippen LogP contribution in [0, 0.1) is 11.8 Å². The Morgan fingerprint density at radius 1 is 1.37 bits per heavy atom. The summed E-state index contributed by atoms with van der Waals surface area (Å²) in [6, 6.07) is 6.95. The molecule has 9 nitrogen and oxygen atoms in total. The number of nitrogens with zero attached hydrogens (tertiary/aromatic N) is 5. The number of aliphatic imine (C=N–C) groups is 1. The summed E-state index contributed by atoms with van der Waals surface area (Å²) in [7, 11) is 0. The Morgan fingerprint density at radius 2 is 2.17 bits per heavy atom. The molecule has 3 aromatic rings. The van der Waals surface area contributed by atoms with Crippen LogP contribution in [0.25, 0.3) is 16.8 Å². The Kier molecular flexibility index (Phi) is 7.48. The number of hydrogen-bond donors (Lipinski definition) is 2. The van der Waals surface area contributed by atoms with Crippen LogP contribution in [-0.2, 0) is 4.79 Å². The average molecular weight is 488 g/mol. The lowest BCUT2D eigenvalue weighted by atomic mass is 10.1. The molecule has 1 saturated heterocycles. The largest absolute Gasteiger partial charge is 0.382 e. The number of amides is 2. The summed E-state index contributed by atoms with van der Waals surface area (Å²) in [5, 5.41) is 4.59. The minimum absolute atomic E-state index is 0.183. The van der Waals surface area contributed by atoms with Crippen LogP contribution in [0.4, 0.5) is 5.82 Å². The van der Waals surface area contributed by atoms with Crippen molar-refractivity contribution in [1.82, 2.24) is 24.6 Å². The van der Waals surface area contributed by atoms with Gasteiger partial charge in [0.1, 0.15) is 22.9 Å². The molecule has 1 fully saturated rings. The number of imidazole rings is 1. The van der Waals surface area contributed by atoms with Crippen LogP contribution in [0.3, 0.4) is 0 Å². The van der Waals surface area contributed by atoms with Gasteiger partial charge in [0.15, 0.2) is 0 Å². The second-order valence-corrected chi connectivity index (χ2v) is 8.64. The molecule has 0 bridgehead atoms. The number of benzene rings is 1. The number of carbonyl (C=O) groups excluding carboxylic acids is 2. The number of likely N-dealkylation sites (tertiary alicyclic amines) is 1. The number of carbonyl (C=O) groups is 2. The zero-order valence-electron chi connectivity index (χ0n) is 19.3. The Hall–Kier alpha value is -4.10. The van der Waals surface area contributed by atoms with E-state index in [1.165, 1.54) is 11.8 Å². The highest BCUT2D eigenvalue weighted by atomic mass is 32.2. The summed E-state index contributed by atoms with van der Waals surface area (Å²) in [5.41, 5.74) is 8.90. The standard InChI is InChI=1S/C25H25N7O2S/c1-3-5-20(33)31-13-4-6-19(31)24-30-21(22-23(26)28-11-14-32(22)24)17-7-9-18(10-8-17)25(34)29-16-35-15-12-27-2/h7-12,14-15,19H,2,4,6,13,16H2,1H3,(H2,26,28)(H,29,34)/b15-12-. The van der Waals surface area contributed by atoms with Gasteiger partial charge in [-0.15, -0.1) is 11.8 Å². The summed E-state index contributed by atoms with van der Waals surface area (Å²) >= 11 is 1.41. The Morgan fingerprint density at radius 3 is 2.91 bits per heavy atom. The molecule has 0 aliphatic carbocycles. The minimum atomic E-state index is -0.209. The predicted molar refractivity (Wildman–Crippen MR) is 139 cm³/mol. The van der Waals surface area contributed by atoms with Crippen molar-refractivity contribution < 1.29 is 9.59 Å². The molecule has 1 unspecified atom stereocenters. The van der Waals surface area contributed by atoms with Gasteiger partial charge in [0.25, 0.3) is 11.8 Å². The molecule has 0 radical (unpaired) electrons. The van der Waals surface area contributed by atoms with E-state index in [1.807, 2.05) is 16.5 Å². The van der Waals surface area contributed by atoms with E-state index >= 15 is 0 Å². The Bertz CT molecular complexity index is 1350. The van der Waals surface area contributed by atoms with Crippen molar-refractivity contribution >= 4 is 41.6 Å². The molecule has 0 saturated carbocycles. The first-order chi connectivity index (χ1) is 17.0. The second-order valence-electron chi connectivity index (χ2n) is 7.74. The maximum atomic E-state index is 12.6. The SMILES string of the molecule is C=N/C=C\SCNC(=O)c1ccc(-c2nc(C3CCCN3C(=O)C#CC)n3ccnc(N)c23)cc1. The zero-order valence-corrected chi connectivity index (χ0v) is 20.1. The summed E-state index contributed by atoms with van der Waals surface area (Å²) in [5.74, 6) is 6.41. The number of fused-ring (bicyclic) bond motifs is 1. The van der Waals surface area contributed by atoms with E-state index < -0.39 is 0 Å². The van der Waals surface area contributed by atoms with Crippen LogP contribution >= 0.6 is 11.8 Å². The average Bonchev–Trinajstić information content (AvgIpc) is 3.50. The molecular formula is C25H25N7O2S. The van der Waals surface area contributed by atoms with E-state index in [-0.39, 0.29) is 17.9 Å². The van der Waals surface area contributed by atoms with E-state index in [2.05, 4.69) is 33.9 Å². The third-order valence-electron chi connectivity index (χ3n) is 5.65. The van der Waals surface area contributed by atoms with Crippen LogP contribution in [0.15, 0.2) is 53.3 Å². The molecule has 35 heavy (non-hydrogen) atoms. The van der Waals surface area contributed by atoms with Crippen LogP contribution < -0.4 is 11.1 Å². The molecule has 3 N–H and O–H groups in total. The van der Waals surface area contributed by atoms with Crippen molar-refractivity contribution in [3.05, 3.63) is 59.7 Å². The first kappa shape index (κ1) is 24.0. The fraction of sp³-hybridized carbons (Fsp3) is 0.240. The van der Waals surface area contributed by atoms with Gasteiger partial charge in [-0.25, -0.2) is 9.97 Å². The van der Waals surface area contributed by atoms with Gasteiger partial charge in [-0.1, -0.05) is 18.1 Å². The van der Waals surface area contributed by atoms with Crippen LogP contribution in [0.2, 0.25) is 0 Å². The molecule has 3 heterocycles. The van der Waals surface area contributed by atoms with Crippen molar-refractivity contribution in [3.8, 4) is 23.1 Å². The lowest BCUT2D eigenvalue weighted by Gasteiger charge is -2.21. The minimum Gasteiger partial charge on any atom is -0.382 e. The molecular weight excluding hydrogens is 462 g/mol. The summed E-state index contributed by atoms with van der Waals surface area (Å²) < 4.78 is 1.90. The van der Waals surface area contributed by atoms with Gasteiger partial charge in [-0.2, -0.15) is 0 Å². The zero-order chi connectivity index (χ0) is 24.8. The van der Waals surface area contributed by atoms with Gasteiger partial charge >= 0.3 is 0 Å². The van der Waals surface area contributed by atoms with E-state index in [1.54, 1.807) is 48.0 Å². The van der Waals surface area contributed by atoms with Crippen molar-refractivity contribution in [2.75, 3.05) is 18.2 Å². The van der Waals surface area contributed by atoms with Gasteiger partial charge < -0.3 is 16.0 Å². The number of aromatic nitrogens is 3. The van der Waals surface area contributed by atoms with Gasteiger partial charge in [0.05, 0.1) is 11.9 Å². The molecule has 178 valence electrons. The van der Waals surface area contributed by atoms with Gasteiger partial charge in [-0.05, 0) is 49.9 Å². The van der Waals surface area contributed by atoms with Crippen LogP contribution in [0.1, 0.15) is 42.0 Å². The summed E-state index contributed by atoms with van der Waals surface area (Å²) in [6.45, 7) is 5.64. The van der Waals surface area contributed by atoms with Crippen molar-refractivity contribution in [2.24, 2.45) is 4.99 Å². The quantitative estimate of drug-likeness (QED) is 0.229. The molecule has 10 heteroatoms. The van der Waals surface area contributed by atoms with E-state index in [9.17, 15) is 9.59 Å². The number of nitrogens with two attached hydrogens (primary N) is 1. The topological polar surface area (TPSA) is 118 Å². The molecule has 1 aliphatic rings. The molecule has 1 aliphatic heterocycles. The smallest absolute Gasteiger partial charge is 0.299 e. The number of nitrogens with one attached hydrogen (secondary N) is 1. The monoisotopic (exact) mass is 487 g/mol. The Balaban J connectivity index is 1.64. The summed E-state index contributed by atoms with van der Waals surface area (Å²) in [4.78, 5) is 39.6. The van der Waals surface area contributed by atoms with Gasteiger partial charge in [0, 0.05) is 36.3 Å². The van der Waals surface area contributed by atoms with Gasteiger partial charge in [-0.3, -0.25) is 19.0 Å². The molecule has 0 spiro atoms. The van der Waals surface area contributed by atoms with E-state index in [0.717, 1.165) is 18.4 Å². The van der Waals surface area contributed by atoms with Crippen molar-refractivity contribution in [2.45, 2.75) is 25.8 Å². The molecule has 2 amide bonds. The van der Waals surface area contributed by atoms with Crippen LogP contribution in [-0.4, -0.2) is 50.2 Å². The predicted octanol–water partition coefficient (Wildman–Crippen LogP) is 3.26. The Labute approximate surface area is 207 Å². The fourth-order valence-electron chi connectivity index (χ4n) is 4.10. The number of rotatable bonds is 7.